The van der Waals surface area contributed by atoms with Crippen molar-refractivity contribution < 1.29 is 9.53 Å². The van der Waals surface area contributed by atoms with Crippen molar-refractivity contribution in [2.75, 3.05) is 38.0 Å². The standard InChI is InChI=1S/C27H28N2O2/c1-18-6-15-23-25(16-18)27(30)31-26(23)17-24(19-7-11-21(12-8-19)28(2)3)20-9-13-22(14-10-20)29(4)5/h6-17,26H,1-5H3. The average Bonchev–Trinajstić information content (AvgIpc) is 3.06. The molecule has 4 rings (SSSR count). The second-order valence-electron chi connectivity index (χ2n) is 8.38. The highest BCUT2D eigenvalue weighted by molar-refractivity contribution is 5.95. The summed E-state index contributed by atoms with van der Waals surface area (Å²) in [7, 11) is 8.12. The zero-order chi connectivity index (χ0) is 22.1. The smallest absolute Gasteiger partial charge is 0.339 e. The van der Waals surface area contributed by atoms with Crippen LogP contribution in [0.5, 0.6) is 0 Å². The van der Waals surface area contributed by atoms with Gasteiger partial charge in [-0.2, -0.15) is 0 Å². The Labute approximate surface area is 184 Å². The average molecular weight is 413 g/mol. The van der Waals surface area contributed by atoms with Crippen LogP contribution in [0.4, 0.5) is 11.4 Å². The van der Waals surface area contributed by atoms with Gasteiger partial charge in [-0.05, 0) is 60.0 Å². The third-order valence-corrected chi connectivity index (χ3v) is 5.68. The normalized spacial score (nSPS) is 14.6. The van der Waals surface area contributed by atoms with E-state index in [1.54, 1.807) is 0 Å². The summed E-state index contributed by atoms with van der Waals surface area (Å²) >= 11 is 0. The predicted octanol–water partition coefficient (Wildman–Crippen LogP) is 5.47. The monoisotopic (exact) mass is 412 g/mol. The molecule has 1 aliphatic rings. The lowest BCUT2D eigenvalue weighted by molar-refractivity contribution is 0.0468. The Morgan fingerprint density at radius 3 is 1.81 bits per heavy atom. The van der Waals surface area contributed by atoms with Gasteiger partial charge in [-0.25, -0.2) is 4.79 Å². The minimum Gasteiger partial charge on any atom is -0.450 e. The van der Waals surface area contributed by atoms with E-state index >= 15 is 0 Å². The molecule has 0 radical (unpaired) electrons. The number of fused-ring (bicyclic) bond motifs is 1. The molecular formula is C27H28N2O2. The van der Waals surface area contributed by atoms with Gasteiger partial charge < -0.3 is 14.5 Å². The number of benzene rings is 3. The van der Waals surface area contributed by atoms with Crippen LogP contribution in [0.25, 0.3) is 5.57 Å². The molecule has 0 N–H and O–H groups in total. The summed E-state index contributed by atoms with van der Waals surface area (Å²) in [5.74, 6) is -0.259. The Balaban J connectivity index is 1.80. The maximum Gasteiger partial charge on any atom is 0.339 e. The van der Waals surface area contributed by atoms with E-state index in [0.29, 0.717) is 5.56 Å². The summed E-state index contributed by atoms with van der Waals surface area (Å²) in [6, 6.07) is 22.8. The zero-order valence-corrected chi connectivity index (χ0v) is 18.7. The molecule has 0 fully saturated rings. The lowest BCUT2D eigenvalue weighted by atomic mass is 9.93. The Hall–Kier alpha value is -3.53. The van der Waals surface area contributed by atoms with Crippen LogP contribution in [0.15, 0.2) is 72.8 Å². The van der Waals surface area contributed by atoms with Crippen LogP contribution in [0, 0.1) is 6.92 Å². The van der Waals surface area contributed by atoms with Crippen molar-refractivity contribution in [3.63, 3.8) is 0 Å². The Kier molecular flexibility index (Phi) is 5.55. The summed E-state index contributed by atoms with van der Waals surface area (Å²) in [4.78, 5) is 16.6. The summed E-state index contributed by atoms with van der Waals surface area (Å²) < 4.78 is 5.75. The highest BCUT2D eigenvalue weighted by Gasteiger charge is 2.30. The first kappa shape index (κ1) is 20.7. The summed E-state index contributed by atoms with van der Waals surface area (Å²) in [6.45, 7) is 1.99. The molecule has 0 saturated heterocycles. The first-order valence-electron chi connectivity index (χ1n) is 10.4. The maximum absolute atomic E-state index is 12.5. The Bertz CT molecular complexity index is 1070. The Morgan fingerprint density at radius 1 is 0.806 bits per heavy atom. The van der Waals surface area contributed by atoms with Gasteiger partial charge in [0.05, 0.1) is 5.56 Å². The van der Waals surface area contributed by atoms with Crippen LogP contribution >= 0.6 is 0 Å². The van der Waals surface area contributed by atoms with E-state index in [0.717, 1.165) is 39.2 Å². The molecule has 0 bridgehead atoms. The number of hydrogen-bond donors (Lipinski definition) is 0. The molecule has 4 heteroatoms. The molecule has 0 aliphatic carbocycles. The lowest BCUT2D eigenvalue weighted by Gasteiger charge is -2.17. The highest BCUT2D eigenvalue weighted by atomic mass is 16.5. The third kappa shape index (κ3) is 4.19. The van der Waals surface area contributed by atoms with Crippen molar-refractivity contribution >= 4 is 22.9 Å². The molecule has 0 aromatic heterocycles. The molecule has 0 amide bonds. The summed E-state index contributed by atoms with van der Waals surface area (Å²) in [6.07, 6.45) is 1.66. The van der Waals surface area contributed by atoms with Crippen LogP contribution < -0.4 is 9.80 Å². The van der Waals surface area contributed by atoms with Crippen molar-refractivity contribution in [2.24, 2.45) is 0 Å². The molecule has 0 spiro atoms. The second-order valence-corrected chi connectivity index (χ2v) is 8.38. The minimum absolute atomic E-state index is 0.259. The van der Waals surface area contributed by atoms with Gasteiger partial charge in [0, 0.05) is 45.1 Å². The number of carbonyl (C=O) groups excluding carboxylic acids is 1. The summed E-state index contributed by atoms with van der Waals surface area (Å²) in [5, 5.41) is 0. The van der Waals surface area contributed by atoms with Crippen molar-refractivity contribution in [2.45, 2.75) is 13.0 Å². The number of hydrogen-bond acceptors (Lipinski definition) is 4. The number of cyclic esters (lactones) is 1. The molecular weight excluding hydrogens is 384 g/mol. The molecule has 1 unspecified atom stereocenters. The van der Waals surface area contributed by atoms with Crippen molar-refractivity contribution in [3.05, 3.63) is 101 Å². The number of carbonyl (C=O) groups is 1. The predicted molar refractivity (Wildman–Crippen MR) is 128 cm³/mol. The van der Waals surface area contributed by atoms with Crippen LogP contribution in [0.3, 0.4) is 0 Å². The van der Waals surface area contributed by atoms with Crippen molar-refractivity contribution in [3.8, 4) is 0 Å². The number of esters is 1. The van der Waals surface area contributed by atoms with Crippen LogP contribution in [0.1, 0.15) is 38.7 Å². The van der Waals surface area contributed by atoms with Crippen molar-refractivity contribution in [1.82, 2.24) is 0 Å². The molecule has 1 atom stereocenters. The lowest BCUT2D eigenvalue weighted by Crippen LogP contribution is -2.08. The van der Waals surface area contributed by atoms with Gasteiger partial charge in [0.15, 0.2) is 0 Å². The fourth-order valence-corrected chi connectivity index (χ4v) is 3.85. The van der Waals surface area contributed by atoms with Gasteiger partial charge in [-0.1, -0.05) is 42.0 Å². The van der Waals surface area contributed by atoms with E-state index in [1.807, 2.05) is 53.3 Å². The van der Waals surface area contributed by atoms with Gasteiger partial charge in [0.1, 0.15) is 6.10 Å². The molecule has 0 saturated carbocycles. The van der Waals surface area contributed by atoms with E-state index in [9.17, 15) is 4.79 Å². The number of nitrogens with zero attached hydrogens (tertiary/aromatic N) is 2. The van der Waals surface area contributed by atoms with Crippen LogP contribution in [0.2, 0.25) is 0 Å². The molecule has 1 heterocycles. The van der Waals surface area contributed by atoms with Crippen LogP contribution in [-0.2, 0) is 4.74 Å². The van der Waals surface area contributed by atoms with Gasteiger partial charge >= 0.3 is 5.97 Å². The quantitative estimate of drug-likeness (QED) is 0.520. The molecule has 158 valence electrons. The number of anilines is 2. The number of rotatable bonds is 5. The maximum atomic E-state index is 12.5. The first-order chi connectivity index (χ1) is 14.8. The number of aryl methyl sites for hydroxylation is 1. The minimum atomic E-state index is -0.403. The molecule has 3 aromatic carbocycles. The van der Waals surface area contributed by atoms with Crippen molar-refractivity contribution in [1.29, 1.82) is 0 Å². The first-order valence-corrected chi connectivity index (χ1v) is 10.4. The van der Waals surface area contributed by atoms with E-state index in [4.69, 9.17) is 4.74 Å². The van der Waals surface area contributed by atoms with Gasteiger partial charge in [0.2, 0.25) is 0 Å². The zero-order valence-electron chi connectivity index (χ0n) is 18.7. The van der Waals surface area contributed by atoms with E-state index in [1.165, 1.54) is 0 Å². The second kappa shape index (κ2) is 8.31. The fourth-order valence-electron chi connectivity index (χ4n) is 3.85. The number of ether oxygens (including phenoxy) is 1. The fraction of sp³-hybridized carbons (Fsp3) is 0.222. The topological polar surface area (TPSA) is 32.8 Å². The van der Waals surface area contributed by atoms with Gasteiger partial charge in [0.25, 0.3) is 0 Å². The van der Waals surface area contributed by atoms with E-state index < -0.39 is 6.10 Å². The van der Waals surface area contributed by atoms with Crippen LogP contribution in [-0.4, -0.2) is 34.2 Å². The van der Waals surface area contributed by atoms with Gasteiger partial charge in [-0.3, -0.25) is 0 Å². The molecule has 1 aliphatic heterocycles. The molecule has 3 aromatic rings. The highest BCUT2D eigenvalue weighted by Crippen LogP contribution is 2.36. The SMILES string of the molecule is Cc1ccc2c(c1)C(=O)OC2C=C(c1ccc(N(C)C)cc1)c1ccc(N(C)C)cc1. The largest absolute Gasteiger partial charge is 0.450 e. The summed E-state index contributed by atoms with van der Waals surface area (Å²) in [5.41, 5.74) is 8.12. The van der Waals surface area contributed by atoms with E-state index in [-0.39, 0.29) is 5.97 Å². The Morgan fingerprint density at radius 2 is 1.32 bits per heavy atom. The van der Waals surface area contributed by atoms with E-state index in [2.05, 4.69) is 64.4 Å². The molecule has 4 nitrogen and oxygen atoms in total. The molecule has 31 heavy (non-hydrogen) atoms. The third-order valence-electron chi connectivity index (χ3n) is 5.68. The van der Waals surface area contributed by atoms with Gasteiger partial charge in [-0.15, -0.1) is 0 Å².